The van der Waals surface area contributed by atoms with Crippen molar-refractivity contribution in [2.24, 2.45) is 0 Å². The van der Waals surface area contributed by atoms with E-state index in [0.717, 1.165) is 0 Å². The van der Waals surface area contributed by atoms with Gasteiger partial charge in [-0.3, -0.25) is 4.68 Å². The van der Waals surface area contributed by atoms with Gasteiger partial charge in [0.1, 0.15) is 11.6 Å². The summed E-state index contributed by atoms with van der Waals surface area (Å²) in [5.41, 5.74) is 1.68. The molecule has 0 radical (unpaired) electrons. The van der Waals surface area contributed by atoms with Gasteiger partial charge in [0, 0.05) is 17.4 Å². The first kappa shape index (κ1) is 16.5. The van der Waals surface area contributed by atoms with E-state index in [-0.39, 0.29) is 12.4 Å². The number of carbonyl (C=O) groups excluding carboxylic acids is 1. The smallest absolute Gasteiger partial charge is 0.323 e. The Hall–Kier alpha value is -3.35. The molecule has 3 rings (SSSR count). The van der Waals surface area contributed by atoms with Crippen molar-refractivity contribution in [3.05, 3.63) is 72.3 Å². The molecule has 1 aromatic heterocycles. The maximum Gasteiger partial charge on any atom is 0.323 e. The lowest BCUT2D eigenvalue weighted by Gasteiger charge is -2.07. The third-order valence-electron chi connectivity index (χ3n) is 3.53. The number of urea groups is 1. The largest absolute Gasteiger partial charge is 0.497 e. The van der Waals surface area contributed by atoms with Crippen molar-refractivity contribution in [2.45, 2.75) is 6.54 Å². The van der Waals surface area contributed by atoms with E-state index in [2.05, 4.69) is 15.7 Å². The monoisotopic (exact) mass is 340 g/mol. The number of methoxy groups -OCH3 is 1. The second kappa shape index (κ2) is 7.48. The number of nitrogens with one attached hydrogen (secondary N) is 2. The van der Waals surface area contributed by atoms with E-state index in [0.29, 0.717) is 22.7 Å². The molecule has 0 bridgehead atoms. The molecule has 2 N–H and O–H groups in total. The van der Waals surface area contributed by atoms with E-state index in [9.17, 15) is 9.18 Å². The van der Waals surface area contributed by atoms with Crippen LogP contribution in [0.4, 0.5) is 20.6 Å². The standard InChI is InChI=1S/C18H17FN4O2/c1-25-16-8-6-14(7-9-16)21-18(24)22-15-10-20-23(12-15)11-13-4-2-3-5-17(13)19/h2-10,12H,11H2,1H3,(H2,21,22,24). The number of hydrogen-bond acceptors (Lipinski definition) is 3. The Kier molecular flexibility index (Phi) is 4.94. The molecule has 0 aliphatic rings. The number of halogens is 1. The van der Waals surface area contributed by atoms with Gasteiger partial charge in [-0.2, -0.15) is 5.10 Å². The number of ether oxygens (including phenoxy) is 1. The van der Waals surface area contributed by atoms with Crippen LogP contribution in [0.15, 0.2) is 60.9 Å². The highest BCUT2D eigenvalue weighted by atomic mass is 19.1. The van der Waals surface area contributed by atoms with E-state index in [1.165, 1.54) is 12.3 Å². The fourth-order valence-corrected chi connectivity index (χ4v) is 2.28. The predicted molar refractivity (Wildman–Crippen MR) is 93.4 cm³/mol. The van der Waals surface area contributed by atoms with Gasteiger partial charge < -0.3 is 15.4 Å². The Labute approximate surface area is 144 Å². The zero-order chi connectivity index (χ0) is 17.6. The van der Waals surface area contributed by atoms with Gasteiger partial charge in [-0.05, 0) is 30.3 Å². The number of benzene rings is 2. The molecular formula is C18H17FN4O2. The SMILES string of the molecule is COc1ccc(NC(=O)Nc2cnn(Cc3ccccc3F)c2)cc1. The molecule has 0 atom stereocenters. The number of rotatable bonds is 5. The molecule has 0 saturated carbocycles. The molecule has 2 aromatic carbocycles. The molecule has 0 aliphatic carbocycles. The minimum atomic E-state index is -0.393. The van der Waals surface area contributed by atoms with E-state index >= 15 is 0 Å². The number of anilines is 2. The summed E-state index contributed by atoms with van der Waals surface area (Å²) in [6.07, 6.45) is 3.15. The van der Waals surface area contributed by atoms with Crippen LogP contribution in [-0.2, 0) is 6.54 Å². The Morgan fingerprint density at radius 3 is 2.56 bits per heavy atom. The number of aromatic nitrogens is 2. The molecule has 25 heavy (non-hydrogen) atoms. The van der Waals surface area contributed by atoms with Crippen molar-refractivity contribution in [3.63, 3.8) is 0 Å². The molecule has 128 valence electrons. The number of hydrogen-bond donors (Lipinski definition) is 2. The summed E-state index contributed by atoms with van der Waals surface area (Å²) in [7, 11) is 1.58. The van der Waals surface area contributed by atoms with Crippen molar-refractivity contribution in [3.8, 4) is 5.75 Å². The maximum atomic E-state index is 13.7. The highest BCUT2D eigenvalue weighted by Crippen LogP contribution is 2.16. The third kappa shape index (κ3) is 4.35. The summed E-state index contributed by atoms with van der Waals surface area (Å²) in [5, 5.41) is 9.51. The molecule has 6 nitrogen and oxygen atoms in total. The lowest BCUT2D eigenvalue weighted by atomic mass is 10.2. The fourth-order valence-electron chi connectivity index (χ4n) is 2.28. The molecule has 3 aromatic rings. The molecule has 1 heterocycles. The summed E-state index contributed by atoms with van der Waals surface area (Å²) in [4.78, 5) is 12.0. The minimum Gasteiger partial charge on any atom is -0.497 e. The van der Waals surface area contributed by atoms with Crippen LogP contribution in [0.1, 0.15) is 5.56 Å². The topological polar surface area (TPSA) is 68.2 Å². The lowest BCUT2D eigenvalue weighted by molar-refractivity contribution is 0.262. The molecule has 0 unspecified atom stereocenters. The summed E-state index contributed by atoms with van der Waals surface area (Å²) >= 11 is 0. The van der Waals surface area contributed by atoms with Crippen molar-refractivity contribution in [1.82, 2.24) is 9.78 Å². The maximum absolute atomic E-state index is 13.7. The number of amides is 2. The quantitative estimate of drug-likeness (QED) is 0.744. The Bertz CT molecular complexity index is 862. The van der Waals surface area contributed by atoms with Gasteiger partial charge in [0.05, 0.1) is 25.5 Å². The zero-order valence-corrected chi connectivity index (χ0v) is 13.6. The van der Waals surface area contributed by atoms with Gasteiger partial charge >= 0.3 is 6.03 Å². The van der Waals surface area contributed by atoms with Gasteiger partial charge in [-0.25, -0.2) is 9.18 Å². The Balaban J connectivity index is 1.58. The first-order valence-electron chi connectivity index (χ1n) is 7.62. The first-order chi connectivity index (χ1) is 12.1. The van der Waals surface area contributed by atoms with Crippen LogP contribution in [0.5, 0.6) is 5.75 Å². The van der Waals surface area contributed by atoms with Gasteiger partial charge in [0.25, 0.3) is 0 Å². The predicted octanol–water partition coefficient (Wildman–Crippen LogP) is 3.72. The molecule has 7 heteroatoms. The van der Waals surface area contributed by atoms with Crippen LogP contribution in [0.25, 0.3) is 0 Å². The summed E-state index contributed by atoms with van der Waals surface area (Å²) in [6, 6.07) is 13.1. The minimum absolute atomic E-state index is 0.286. The lowest BCUT2D eigenvalue weighted by Crippen LogP contribution is -2.19. The first-order valence-corrected chi connectivity index (χ1v) is 7.62. The van der Waals surface area contributed by atoms with Gasteiger partial charge in [-0.15, -0.1) is 0 Å². The van der Waals surface area contributed by atoms with E-state index in [1.54, 1.807) is 60.5 Å². The second-order valence-electron chi connectivity index (χ2n) is 5.33. The second-order valence-corrected chi connectivity index (χ2v) is 5.33. The summed E-state index contributed by atoms with van der Waals surface area (Å²) < 4.78 is 20.3. The Morgan fingerprint density at radius 2 is 1.84 bits per heavy atom. The van der Waals surface area contributed by atoms with Crippen LogP contribution in [0, 0.1) is 5.82 Å². The highest BCUT2D eigenvalue weighted by molar-refractivity contribution is 5.99. The zero-order valence-electron chi connectivity index (χ0n) is 13.6. The van der Waals surface area contributed by atoms with Crippen molar-refractivity contribution >= 4 is 17.4 Å². The molecule has 0 saturated heterocycles. The fraction of sp³-hybridized carbons (Fsp3) is 0.111. The summed E-state index contributed by atoms with van der Waals surface area (Å²) in [5.74, 6) is 0.421. The van der Waals surface area contributed by atoms with Crippen LogP contribution >= 0.6 is 0 Å². The van der Waals surface area contributed by atoms with E-state index < -0.39 is 6.03 Å². The summed E-state index contributed by atoms with van der Waals surface area (Å²) in [6.45, 7) is 0.286. The molecule has 0 aliphatic heterocycles. The van der Waals surface area contributed by atoms with E-state index in [1.807, 2.05) is 0 Å². The van der Waals surface area contributed by atoms with Crippen LogP contribution in [0.3, 0.4) is 0 Å². The van der Waals surface area contributed by atoms with E-state index in [4.69, 9.17) is 4.74 Å². The van der Waals surface area contributed by atoms with Gasteiger partial charge in [-0.1, -0.05) is 18.2 Å². The van der Waals surface area contributed by atoms with Crippen molar-refractivity contribution < 1.29 is 13.9 Å². The van der Waals surface area contributed by atoms with Crippen molar-refractivity contribution in [2.75, 3.05) is 17.7 Å². The average molecular weight is 340 g/mol. The normalized spacial score (nSPS) is 10.3. The Morgan fingerprint density at radius 1 is 1.12 bits per heavy atom. The van der Waals surface area contributed by atoms with Gasteiger partial charge in [0.15, 0.2) is 0 Å². The third-order valence-corrected chi connectivity index (χ3v) is 3.53. The van der Waals surface area contributed by atoms with Crippen LogP contribution < -0.4 is 15.4 Å². The average Bonchev–Trinajstić information content (AvgIpc) is 3.04. The van der Waals surface area contributed by atoms with Crippen LogP contribution in [-0.4, -0.2) is 22.9 Å². The molecule has 0 fully saturated rings. The van der Waals surface area contributed by atoms with Gasteiger partial charge in [0.2, 0.25) is 0 Å². The highest BCUT2D eigenvalue weighted by Gasteiger charge is 2.07. The molecular weight excluding hydrogens is 323 g/mol. The molecule has 2 amide bonds. The van der Waals surface area contributed by atoms with Crippen LogP contribution in [0.2, 0.25) is 0 Å². The van der Waals surface area contributed by atoms with Crippen molar-refractivity contribution in [1.29, 1.82) is 0 Å². The number of carbonyl (C=O) groups is 1. The molecule has 0 spiro atoms. The number of nitrogens with zero attached hydrogens (tertiary/aromatic N) is 2.